The molecule has 0 saturated carbocycles. The Morgan fingerprint density at radius 3 is 2.70 bits per heavy atom. The maximum absolute atomic E-state index is 11.6. The Hall–Kier alpha value is -1.36. The van der Waals surface area contributed by atoms with E-state index >= 15 is 0 Å². The van der Waals surface area contributed by atoms with Gasteiger partial charge in [0.25, 0.3) is 0 Å². The number of nitrogens with two attached hydrogens (primary N) is 1. The van der Waals surface area contributed by atoms with Crippen molar-refractivity contribution in [1.82, 2.24) is 9.55 Å². The SMILES string of the molecule is CC(C)c1nc2cc(N)ccc2n1C1CCS(=O)CC1. The van der Waals surface area contributed by atoms with Crippen molar-refractivity contribution >= 4 is 27.5 Å². The van der Waals surface area contributed by atoms with Gasteiger partial charge in [0, 0.05) is 40.0 Å². The van der Waals surface area contributed by atoms with E-state index in [1.165, 1.54) is 0 Å². The molecule has 4 nitrogen and oxygen atoms in total. The van der Waals surface area contributed by atoms with E-state index in [4.69, 9.17) is 10.7 Å². The van der Waals surface area contributed by atoms with Crippen molar-refractivity contribution in [1.29, 1.82) is 0 Å². The van der Waals surface area contributed by atoms with Crippen LogP contribution in [-0.4, -0.2) is 25.3 Å². The molecule has 0 bridgehead atoms. The Kier molecular flexibility index (Phi) is 3.54. The summed E-state index contributed by atoms with van der Waals surface area (Å²) < 4.78 is 13.9. The molecular weight excluding hydrogens is 270 g/mol. The standard InChI is InChI=1S/C15H21N3OS/c1-10(2)15-17-13-9-11(16)3-4-14(13)18(15)12-5-7-20(19)8-6-12/h3-4,9-10,12H,5-8,16H2,1-2H3. The normalized spacial score (nSPS) is 23.6. The molecule has 0 atom stereocenters. The first-order valence-electron chi connectivity index (χ1n) is 7.18. The predicted molar refractivity (Wildman–Crippen MR) is 84.4 cm³/mol. The molecule has 1 fully saturated rings. The topological polar surface area (TPSA) is 60.9 Å². The molecule has 0 spiro atoms. The zero-order chi connectivity index (χ0) is 14.3. The summed E-state index contributed by atoms with van der Waals surface area (Å²) >= 11 is 0. The number of hydrogen-bond donors (Lipinski definition) is 1. The Bertz CT molecular complexity index is 652. The van der Waals surface area contributed by atoms with Crippen molar-refractivity contribution in [3.05, 3.63) is 24.0 Å². The van der Waals surface area contributed by atoms with Crippen LogP contribution < -0.4 is 5.73 Å². The minimum atomic E-state index is -0.631. The summed E-state index contributed by atoms with van der Waals surface area (Å²) in [6.45, 7) is 4.34. The van der Waals surface area contributed by atoms with E-state index in [1.807, 2.05) is 12.1 Å². The van der Waals surface area contributed by atoms with Gasteiger partial charge >= 0.3 is 0 Å². The molecule has 0 radical (unpaired) electrons. The number of nitrogen functional groups attached to an aromatic ring is 1. The average Bonchev–Trinajstić information content (AvgIpc) is 2.78. The van der Waals surface area contributed by atoms with Crippen LogP contribution in [0.4, 0.5) is 5.69 Å². The lowest BCUT2D eigenvalue weighted by Crippen LogP contribution is -2.23. The van der Waals surface area contributed by atoms with Gasteiger partial charge in [-0.2, -0.15) is 0 Å². The molecule has 20 heavy (non-hydrogen) atoms. The predicted octanol–water partition coefficient (Wildman–Crippen LogP) is 2.83. The zero-order valence-electron chi connectivity index (χ0n) is 12.0. The van der Waals surface area contributed by atoms with Gasteiger partial charge in [0.2, 0.25) is 0 Å². The molecule has 1 saturated heterocycles. The molecule has 108 valence electrons. The van der Waals surface area contributed by atoms with Crippen LogP contribution in [0.25, 0.3) is 11.0 Å². The van der Waals surface area contributed by atoms with E-state index in [0.717, 1.165) is 46.9 Å². The van der Waals surface area contributed by atoms with Gasteiger partial charge < -0.3 is 10.3 Å². The lowest BCUT2D eigenvalue weighted by molar-refractivity contribution is 0.450. The largest absolute Gasteiger partial charge is 0.399 e. The molecule has 0 aliphatic carbocycles. The van der Waals surface area contributed by atoms with E-state index in [1.54, 1.807) is 0 Å². The van der Waals surface area contributed by atoms with Crippen molar-refractivity contribution in [3.8, 4) is 0 Å². The molecule has 2 heterocycles. The highest BCUT2D eigenvalue weighted by Gasteiger charge is 2.24. The van der Waals surface area contributed by atoms with Crippen LogP contribution in [0.3, 0.4) is 0 Å². The number of hydrogen-bond acceptors (Lipinski definition) is 3. The second-order valence-corrected chi connectivity index (χ2v) is 7.52. The van der Waals surface area contributed by atoms with Gasteiger partial charge in [-0.1, -0.05) is 13.8 Å². The molecular formula is C15H21N3OS. The lowest BCUT2D eigenvalue weighted by atomic mass is 10.1. The minimum Gasteiger partial charge on any atom is -0.399 e. The zero-order valence-corrected chi connectivity index (χ0v) is 12.8. The first-order chi connectivity index (χ1) is 9.56. The summed E-state index contributed by atoms with van der Waals surface area (Å²) in [7, 11) is -0.631. The number of imidazole rings is 1. The third-order valence-corrected chi connectivity index (χ3v) is 5.36. The number of aromatic nitrogens is 2. The Morgan fingerprint density at radius 1 is 1.35 bits per heavy atom. The maximum Gasteiger partial charge on any atom is 0.112 e. The summed E-state index contributed by atoms with van der Waals surface area (Å²) in [5, 5.41) is 0. The van der Waals surface area contributed by atoms with Gasteiger partial charge in [-0.05, 0) is 31.0 Å². The van der Waals surface area contributed by atoms with Crippen molar-refractivity contribution in [2.75, 3.05) is 17.2 Å². The van der Waals surface area contributed by atoms with Crippen LogP contribution in [0, 0.1) is 0 Å². The van der Waals surface area contributed by atoms with Crippen molar-refractivity contribution in [2.45, 2.75) is 38.6 Å². The highest BCUT2D eigenvalue weighted by molar-refractivity contribution is 7.85. The molecule has 2 N–H and O–H groups in total. The number of benzene rings is 1. The van der Waals surface area contributed by atoms with Crippen LogP contribution in [0.1, 0.15) is 44.5 Å². The van der Waals surface area contributed by atoms with Gasteiger partial charge in [-0.15, -0.1) is 0 Å². The number of fused-ring (bicyclic) bond motifs is 1. The Balaban J connectivity index is 2.11. The molecule has 3 rings (SSSR count). The summed E-state index contributed by atoms with van der Waals surface area (Å²) in [4.78, 5) is 4.77. The van der Waals surface area contributed by atoms with Crippen LogP contribution in [0.15, 0.2) is 18.2 Å². The van der Waals surface area contributed by atoms with Crippen molar-refractivity contribution in [3.63, 3.8) is 0 Å². The number of anilines is 1. The van der Waals surface area contributed by atoms with Crippen LogP contribution in [0.5, 0.6) is 0 Å². The maximum atomic E-state index is 11.6. The fraction of sp³-hybridized carbons (Fsp3) is 0.533. The van der Waals surface area contributed by atoms with E-state index in [-0.39, 0.29) is 0 Å². The van der Waals surface area contributed by atoms with Gasteiger partial charge in [-0.25, -0.2) is 4.98 Å². The number of rotatable bonds is 2. The molecule has 1 aromatic carbocycles. The van der Waals surface area contributed by atoms with E-state index < -0.39 is 10.8 Å². The molecule has 0 amide bonds. The quantitative estimate of drug-likeness (QED) is 0.865. The summed E-state index contributed by atoms with van der Waals surface area (Å²) in [6, 6.07) is 6.36. The smallest absolute Gasteiger partial charge is 0.112 e. The summed E-state index contributed by atoms with van der Waals surface area (Å²) in [5.41, 5.74) is 8.74. The van der Waals surface area contributed by atoms with Gasteiger partial charge in [0.05, 0.1) is 11.0 Å². The van der Waals surface area contributed by atoms with Crippen LogP contribution in [-0.2, 0) is 10.8 Å². The van der Waals surface area contributed by atoms with Crippen LogP contribution in [0.2, 0.25) is 0 Å². The van der Waals surface area contributed by atoms with Gasteiger partial charge in [0.1, 0.15) is 5.82 Å². The van der Waals surface area contributed by atoms with Crippen LogP contribution >= 0.6 is 0 Å². The highest BCUT2D eigenvalue weighted by Crippen LogP contribution is 2.32. The third kappa shape index (κ3) is 2.35. The monoisotopic (exact) mass is 291 g/mol. The fourth-order valence-electron chi connectivity index (χ4n) is 2.97. The van der Waals surface area contributed by atoms with E-state index in [9.17, 15) is 4.21 Å². The first kappa shape index (κ1) is 13.6. The lowest BCUT2D eigenvalue weighted by Gasteiger charge is -2.26. The Morgan fingerprint density at radius 2 is 2.05 bits per heavy atom. The van der Waals surface area contributed by atoms with E-state index in [0.29, 0.717) is 12.0 Å². The fourth-order valence-corrected chi connectivity index (χ4v) is 4.24. The molecule has 5 heteroatoms. The second-order valence-electron chi connectivity index (χ2n) is 5.82. The third-order valence-electron chi connectivity index (χ3n) is 3.98. The molecule has 1 aliphatic heterocycles. The van der Waals surface area contributed by atoms with Crippen molar-refractivity contribution in [2.24, 2.45) is 0 Å². The van der Waals surface area contributed by atoms with Crippen molar-refractivity contribution < 1.29 is 4.21 Å². The second kappa shape index (κ2) is 5.20. The van der Waals surface area contributed by atoms with Gasteiger partial charge in [-0.3, -0.25) is 4.21 Å². The highest BCUT2D eigenvalue weighted by atomic mass is 32.2. The number of nitrogens with zero attached hydrogens (tertiary/aromatic N) is 2. The Labute approximate surface area is 121 Å². The molecule has 0 unspecified atom stereocenters. The summed E-state index contributed by atoms with van der Waals surface area (Å²) in [6.07, 6.45) is 1.95. The van der Waals surface area contributed by atoms with E-state index in [2.05, 4.69) is 24.5 Å². The molecule has 2 aromatic rings. The average molecular weight is 291 g/mol. The van der Waals surface area contributed by atoms with Gasteiger partial charge in [0.15, 0.2) is 0 Å². The first-order valence-corrected chi connectivity index (χ1v) is 8.67. The molecule has 1 aromatic heterocycles. The minimum absolute atomic E-state index is 0.371. The summed E-state index contributed by atoms with van der Waals surface area (Å²) in [5.74, 6) is 3.09. The molecule has 1 aliphatic rings.